The van der Waals surface area contributed by atoms with Crippen LogP contribution in [-0.4, -0.2) is 68.9 Å². The highest BCUT2D eigenvalue weighted by Gasteiger charge is 2.44. The number of anilines is 1. The highest BCUT2D eigenvalue weighted by atomic mass is 16.2. The van der Waals surface area contributed by atoms with Crippen LogP contribution in [0.5, 0.6) is 0 Å². The Hall–Kier alpha value is -1.92. The Balaban J connectivity index is 1.95. The average Bonchev–Trinajstić information content (AvgIpc) is 2.81. The average molecular weight is 330 g/mol. The number of hydrogen-bond donors (Lipinski definition) is 2. The summed E-state index contributed by atoms with van der Waals surface area (Å²) in [6, 6.07) is 7.98. The van der Waals surface area contributed by atoms with Gasteiger partial charge in [0, 0.05) is 18.8 Å². The fourth-order valence-corrected chi connectivity index (χ4v) is 4.00. The lowest BCUT2D eigenvalue weighted by Crippen LogP contribution is -2.57. The number of fused-ring (bicyclic) bond motifs is 3. The fraction of sp³-hybridized carbons (Fsp3) is 0.556. The number of carbonyl (C=O) groups is 2. The molecular formula is C18H26N4O2. The number of para-hydroxylation sites is 1. The van der Waals surface area contributed by atoms with Gasteiger partial charge in [-0.15, -0.1) is 0 Å². The minimum Gasteiger partial charge on any atom is -0.365 e. The van der Waals surface area contributed by atoms with Gasteiger partial charge in [-0.3, -0.25) is 9.59 Å². The lowest BCUT2D eigenvalue weighted by Gasteiger charge is -2.35. The molecule has 1 amide bonds. The predicted octanol–water partition coefficient (Wildman–Crippen LogP) is 0.0265. The number of nitrogens with zero attached hydrogens (tertiary/aromatic N) is 2. The molecule has 2 N–H and O–H groups in total. The van der Waals surface area contributed by atoms with Crippen LogP contribution in [-0.2, 0) is 16.0 Å². The minimum absolute atomic E-state index is 0.00441. The van der Waals surface area contributed by atoms with E-state index in [1.165, 1.54) is 11.3 Å². The van der Waals surface area contributed by atoms with E-state index < -0.39 is 6.04 Å². The summed E-state index contributed by atoms with van der Waals surface area (Å²) in [5, 5.41) is 5.88. The first-order chi connectivity index (χ1) is 11.7. The normalized spacial score (nSPS) is 22.8. The van der Waals surface area contributed by atoms with Gasteiger partial charge in [-0.2, -0.15) is 0 Å². The number of likely N-dealkylation sites (N-methyl/N-ethyl adjacent to an activating group) is 2. The first-order valence-corrected chi connectivity index (χ1v) is 8.63. The van der Waals surface area contributed by atoms with Gasteiger partial charge >= 0.3 is 0 Å². The van der Waals surface area contributed by atoms with Crippen molar-refractivity contribution in [3.05, 3.63) is 29.8 Å². The number of benzene rings is 1. The number of carbonyl (C=O) groups excluding carboxylic acids is 2. The Kier molecular flexibility index (Phi) is 5.16. The molecule has 1 aromatic rings. The van der Waals surface area contributed by atoms with Crippen molar-refractivity contribution < 1.29 is 9.59 Å². The molecule has 24 heavy (non-hydrogen) atoms. The van der Waals surface area contributed by atoms with E-state index in [4.69, 9.17) is 0 Å². The molecule has 0 aromatic heterocycles. The van der Waals surface area contributed by atoms with E-state index in [1.807, 2.05) is 12.1 Å². The van der Waals surface area contributed by atoms with Gasteiger partial charge in [0.2, 0.25) is 5.91 Å². The molecule has 1 aromatic carbocycles. The smallest absolute Gasteiger partial charge is 0.237 e. The van der Waals surface area contributed by atoms with Gasteiger partial charge in [0.25, 0.3) is 0 Å². The predicted molar refractivity (Wildman–Crippen MR) is 94.3 cm³/mol. The summed E-state index contributed by atoms with van der Waals surface area (Å²) in [7, 11) is 3.54. The molecule has 2 aliphatic rings. The maximum atomic E-state index is 12.9. The molecule has 3 rings (SSSR count). The number of nitrogens with one attached hydrogen (secondary N) is 2. The van der Waals surface area contributed by atoms with E-state index in [2.05, 4.69) is 27.7 Å². The Morgan fingerprint density at radius 2 is 1.88 bits per heavy atom. The largest absolute Gasteiger partial charge is 0.365 e. The third-order valence-electron chi connectivity index (χ3n) is 4.96. The van der Waals surface area contributed by atoms with Crippen LogP contribution in [0, 0.1) is 0 Å². The maximum absolute atomic E-state index is 12.9. The molecule has 0 radical (unpaired) electrons. The Morgan fingerprint density at radius 1 is 1.12 bits per heavy atom. The zero-order valence-electron chi connectivity index (χ0n) is 14.4. The van der Waals surface area contributed by atoms with Crippen molar-refractivity contribution in [2.45, 2.75) is 24.9 Å². The van der Waals surface area contributed by atoms with Crippen molar-refractivity contribution in [3.8, 4) is 0 Å². The van der Waals surface area contributed by atoms with E-state index >= 15 is 0 Å². The van der Waals surface area contributed by atoms with Crippen molar-refractivity contribution >= 4 is 17.4 Å². The first-order valence-electron chi connectivity index (χ1n) is 8.63. The van der Waals surface area contributed by atoms with E-state index in [0.29, 0.717) is 6.54 Å². The SMILES string of the molecule is CNCC(=O)C1C2Cc3ccccc3N2CCCN1C(=O)CNC. The van der Waals surface area contributed by atoms with Crippen molar-refractivity contribution in [2.75, 3.05) is 45.2 Å². The van der Waals surface area contributed by atoms with Crippen LogP contribution in [0.2, 0.25) is 0 Å². The molecule has 130 valence electrons. The van der Waals surface area contributed by atoms with Gasteiger partial charge < -0.3 is 20.4 Å². The summed E-state index contributed by atoms with van der Waals surface area (Å²) in [6.45, 7) is 2.07. The number of ketones is 1. The Bertz CT molecular complexity index is 619. The third kappa shape index (κ3) is 3.03. The van der Waals surface area contributed by atoms with E-state index in [1.54, 1.807) is 19.0 Å². The number of Topliss-reactive ketones (excluding diaryl/α,β-unsaturated/α-hetero) is 1. The molecule has 2 heterocycles. The molecule has 0 spiro atoms. The Labute approximate surface area is 143 Å². The van der Waals surface area contributed by atoms with Gasteiger partial charge in [-0.25, -0.2) is 0 Å². The van der Waals surface area contributed by atoms with E-state index in [0.717, 1.165) is 19.4 Å². The summed E-state index contributed by atoms with van der Waals surface area (Å²) in [6.07, 6.45) is 1.70. The lowest BCUT2D eigenvalue weighted by atomic mass is 9.97. The van der Waals surface area contributed by atoms with Gasteiger partial charge in [0.15, 0.2) is 5.78 Å². The second kappa shape index (κ2) is 7.32. The standard InChI is InChI=1S/C18H26N4O2/c1-19-11-16(23)18-15-10-13-6-3-4-7-14(13)21(15)8-5-9-22(18)17(24)12-20-2/h3-4,6-7,15,18-20H,5,8-12H2,1-2H3. The van der Waals surface area contributed by atoms with Gasteiger partial charge in [-0.1, -0.05) is 18.2 Å². The summed E-state index contributed by atoms with van der Waals surface area (Å²) in [5.41, 5.74) is 2.49. The zero-order valence-corrected chi connectivity index (χ0v) is 14.4. The molecule has 2 atom stereocenters. The molecule has 0 bridgehead atoms. The topological polar surface area (TPSA) is 64.7 Å². The maximum Gasteiger partial charge on any atom is 0.237 e. The second-order valence-corrected chi connectivity index (χ2v) is 6.51. The van der Waals surface area contributed by atoms with Crippen molar-refractivity contribution in [2.24, 2.45) is 0 Å². The van der Waals surface area contributed by atoms with Crippen LogP contribution in [0.1, 0.15) is 12.0 Å². The molecule has 1 saturated heterocycles. The monoisotopic (exact) mass is 330 g/mol. The van der Waals surface area contributed by atoms with Gasteiger partial charge in [0.05, 0.1) is 19.1 Å². The van der Waals surface area contributed by atoms with Crippen LogP contribution in [0.3, 0.4) is 0 Å². The highest BCUT2D eigenvalue weighted by Crippen LogP contribution is 2.36. The summed E-state index contributed by atoms with van der Waals surface area (Å²) in [5.74, 6) is 0.0939. The van der Waals surface area contributed by atoms with Gasteiger partial charge in [-0.05, 0) is 38.6 Å². The molecule has 0 saturated carbocycles. The highest BCUT2D eigenvalue weighted by molar-refractivity contribution is 5.92. The van der Waals surface area contributed by atoms with Crippen molar-refractivity contribution in [1.82, 2.24) is 15.5 Å². The molecule has 1 fully saturated rings. The summed E-state index contributed by atoms with van der Waals surface area (Å²) >= 11 is 0. The number of rotatable bonds is 5. The molecular weight excluding hydrogens is 304 g/mol. The number of hydrogen-bond acceptors (Lipinski definition) is 5. The molecule has 2 unspecified atom stereocenters. The lowest BCUT2D eigenvalue weighted by molar-refractivity contribution is -0.138. The van der Waals surface area contributed by atoms with E-state index in [9.17, 15) is 9.59 Å². The number of amides is 1. The molecule has 2 aliphatic heterocycles. The van der Waals surface area contributed by atoms with Crippen LogP contribution < -0.4 is 15.5 Å². The summed E-state index contributed by atoms with van der Waals surface area (Å²) < 4.78 is 0. The minimum atomic E-state index is -0.395. The molecule has 0 aliphatic carbocycles. The molecule has 6 nitrogen and oxygen atoms in total. The molecule has 6 heteroatoms. The third-order valence-corrected chi connectivity index (χ3v) is 4.96. The second-order valence-electron chi connectivity index (χ2n) is 6.51. The quantitative estimate of drug-likeness (QED) is 0.797. The first kappa shape index (κ1) is 16.9. The van der Waals surface area contributed by atoms with Crippen LogP contribution in [0.15, 0.2) is 24.3 Å². The Morgan fingerprint density at radius 3 is 2.62 bits per heavy atom. The van der Waals surface area contributed by atoms with Crippen LogP contribution in [0.25, 0.3) is 0 Å². The van der Waals surface area contributed by atoms with Crippen LogP contribution >= 0.6 is 0 Å². The van der Waals surface area contributed by atoms with Crippen molar-refractivity contribution in [3.63, 3.8) is 0 Å². The van der Waals surface area contributed by atoms with E-state index in [-0.39, 0.29) is 30.8 Å². The van der Waals surface area contributed by atoms with Crippen LogP contribution in [0.4, 0.5) is 5.69 Å². The zero-order chi connectivity index (χ0) is 17.1. The fourth-order valence-electron chi connectivity index (χ4n) is 4.00. The van der Waals surface area contributed by atoms with Gasteiger partial charge in [0.1, 0.15) is 6.04 Å². The summed E-state index contributed by atoms with van der Waals surface area (Å²) in [4.78, 5) is 29.6. The van der Waals surface area contributed by atoms with Crippen molar-refractivity contribution in [1.29, 1.82) is 0 Å².